The maximum atomic E-state index is 11.3. The van der Waals surface area contributed by atoms with Gasteiger partial charge in [0.15, 0.2) is 0 Å². The predicted molar refractivity (Wildman–Crippen MR) is 78.5 cm³/mol. The first-order valence-corrected chi connectivity index (χ1v) is 9.09. The smallest absolute Gasteiger partial charge is 0.262 e. The molecule has 8 heteroatoms. The van der Waals surface area contributed by atoms with E-state index in [0.717, 1.165) is 26.1 Å². The Kier molecular flexibility index (Phi) is 5.42. The first kappa shape index (κ1) is 16.2. The van der Waals surface area contributed by atoms with Crippen molar-refractivity contribution in [2.75, 3.05) is 19.8 Å². The molecule has 0 aliphatic carbocycles. The molecule has 1 aromatic rings. The molecule has 1 fully saturated rings. The monoisotopic (exact) mass is 358 g/mol. The first-order chi connectivity index (χ1) is 9.39. The zero-order valence-corrected chi connectivity index (χ0v) is 13.5. The summed E-state index contributed by atoms with van der Waals surface area (Å²) in [6.45, 7) is 1.95. The van der Waals surface area contributed by atoms with Crippen molar-refractivity contribution < 1.29 is 17.9 Å². The van der Waals surface area contributed by atoms with Crippen molar-refractivity contribution >= 4 is 42.9 Å². The van der Waals surface area contributed by atoms with Crippen LogP contribution in [0.25, 0.3) is 0 Å². The minimum Gasteiger partial charge on any atom is -0.492 e. The lowest BCUT2D eigenvalue weighted by atomic mass is 10.0. The Balaban J connectivity index is 2.11. The third-order valence-electron chi connectivity index (χ3n) is 3.09. The van der Waals surface area contributed by atoms with Gasteiger partial charge in [-0.3, -0.25) is 0 Å². The molecular weight excluding hydrogens is 347 g/mol. The molecule has 0 bridgehead atoms. The fourth-order valence-corrected chi connectivity index (χ4v) is 3.72. The van der Waals surface area contributed by atoms with Crippen molar-refractivity contribution in [2.45, 2.75) is 17.7 Å². The van der Waals surface area contributed by atoms with E-state index in [2.05, 4.69) is 0 Å². The highest BCUT2D eigenvalue weighted by molar-refractivity contribution is 8.13. The van der Waals surface area contributed by atoms with Crippen LogP contribution < -0.4 is 4.74 Å². The van der Waals surface area contributed by atoms with Crippen LogP contribution in [0.3, 0.4) is 0 Å². The molecule has 0 saturated carbocycles. The fraction of sp³-hybridized carbons (Fsp3) is 0.500. The van der Waals surface area contributed by atoms with Crippen LogP contribution in [0.1, 0.15) is 12.8 Å². The molecule has 1 aromatic carbocycles. The van der Waals surface area contributed by atoms with E-state index in [1.807, 2.05) is 0 Å². The number of halogens is 3. The lowest BCUT2D eigenvalue weighted by Gasteiger charge is -2.22. The van der Waals surface area contributed by atoms with E-state index in [1.165, 1.54) is 12.1 Å². The van der Waals surface area contributed by atoms with E-state index in [9.17, 15) is 8.42 Å². The zero-order chi connectivity index (χ0) is 14.8. The highest BCUT2D eigenvalue weighted by atomic mass is 35.7. The zero-order valence-electron chi connectivity index (χ0n) is 10.4. The molecule has 1 aliphatic heterocycles. The van der Waals surface area contributed by atoms with Gasteiger partial charge in [-0.25, -0.2) is 8.42 Å². The van der Waals surface area contributed by atoms with E-state index in [1.54, 1.807) is 0 Å². The van der Waals surface area contributed by atoms with Crippen molar-refractivity contribution in [3.8, 4) is 5.75 Å². The van der Waals surface area contributed by atoms with Crippen LogP contribution >= 0.6 is 33.9 Å². The number of hydrogen-bond acceptors (Lipinski definition) is 4. The minimum atomic E-state index is -3.92. The molecule has 0 N–H and O–H groups in total. The third kappa shape index (κ3) is 3.92. The van der Waals surface area contributed by atoms with Crippen LogP contribution in [0.4, 0.5) is 0 Å². The molecule has 2 rings (SSSR count). The molecule has 0 aromatic heterocycles. The van der Waals surface area contributed by atoms with Gasteiger partial charge in [0, 0.05) is 23.9 Å². The Labute approximate surface area is 132 Å². The first-order valence-electron chi connectivity index (χ1n) is 6.03. The molecule has 1 heterocycles. The molecule has 1 saturated heterocycles. The van der Waals surface area contributed by atoms with Crippen LogP contribution in [0, 0.1) is 5.92 Å². The summed E-state index contributed by atoms with van der Waals surface area (Å²) >= 11 is 11.9. The van der Waals surface area contributed by atoms with Crippen LogP contribution in [0.2, 0.25) is 10.0 Å². The van der Waals surface area contributed by atoms with Gasteiger partial charge in [-0.1, -0.05) is 23.2 Å². The van der Waals surface area contributed by atoms with Crippen molar-refractivity contribution in [1.29, 1.82) is 0 Å². The topological polar surface area (TPSA) is 52.6 Å². The van der Waals surface area contributed by atoms with Crippen LogP contribution in [-0.4, -0.2) is 28.2 Å². The summed E-state index contributed by atoms with van der Waals surface area (Å²) in [6, 6.07) is 2.75. The van der Waals surface area contributed by atoms with Crippen molar-refractivity contribution in [3.05, 3.63) is 22.2 Å². The maximum absolute atomic E-state index is 11.3. The Bertz CT molecular complexity index is 583. The SMILES string of the molecule is O=S(=O)(Cl)c1ccc(OCC2CCOCC2)c(Cl)c1Cl. The highest BCUT2D eigenvalue weighted by Gasteiger charge is 2.21. The van der Waals surface area contributed by atoms with Gasteiger partial charge in [0.2, 0.25) is 0 Å². The van der Waals surface area contributed by atoms with E-state index < -0.39 is 9.05 Å². The van der Waals surface area contributed by atoms with Crippen molar-refractivity contribution in [3.63, 3.8) is 0 Å². The van der Waals surface area contributed by atoms with Gasteiger partial charge in [0.1, 0.15) is 15.7 Å². The number of rotatable bonds is 4. The normalized spacial score (nSPS) is 17.1. The number of ether oxygens (including phenoxy) is 2. The molecule has 112 valence electrons. The summed E-state index contributed by atoms with van der Waals surface area (Å²) in [5, 5.41) is -0.0633. The second kappa shape index (κ2) is 6.71. The summed E-state index contributed by atoms with van der Waals surface area (Å²) < 4.78 is 33.5. The van der Waals surface area contributed by atoms with Crippen LogP contribution in [0.15, 0.2) is 17.0 Å². The van der Waals surface area contributed by atoms with Gasteiger partial charge in [0.25, 0.3) is 9.05 Å². The van der Waals surface area contributed by atoms with Crippen molar-refractivity contribution in [2.24, 2.45) is 5.92 Å². The molecule has 0 amide bonds. The van der Waals surface area contributed by atoms with Gasteiger partial charge in [0.05, 0.1) is 11.6 Å². The standard InChI is InChI=1S/C12H13Cl3O4S/c13-11-9(19-7-8-3-5-18-6-4-8)1-2-10(12(11)14)20(15,16)17/h1-2,8H,3-7H2. The largest absolute Gasteiger partial charge is 0.492 e. The summed E-state index contributed by atoms with van der Waals surface area (Å²) in [4.78, 5) is -0.218. The minimum absolute atomic E-state index is 0.0560. The predicted octanol–water partition coefficient (Wildman–Crippen LogP) is 3.73. The summed E-state index contributed by atoms with van der Waals surface area (Å²) in [6.07, 6.45) is 1.86. The number of hydrogen-bond donors (Lipinski definition) is 0. The molecule has 0 spiro atoms. The molecule has 0 radical (unpaired) electrons. The molecule has 20 heavy (non-hydrogen) atoms. The lowest BCUT2D eigenvalue weighted by Crippen LogP contribution is -2.21. The van der Waals surface area contributed by atoms with Gasteiger partial charge in [-0.15, -0.1) is 0 Å². The molecule has 0 atom stereocenters. The Morgan fingerprint density at radius 1 is 1.20 bits per heavy atom. The van der Waals surface area contributed by atoms with Gasteiger partial charge in [-0.2, -0.15) is 0 Å². The Morgan fingerprint density at radius 2 is 1.85 bits per heavy atom. The van der Waals surface area contributed by atoms with Crippen LogP contribution in [0.5, 0.6) is 5.75 Å². The molecule has 0 unspecified atom stereocenters. The van der Waals surface area contributed by atoms with Gasteiger partial charge < -0.3 is 9.47 Å². The Morgan fingerprint density at radius 3 is 2.45 bits per heavy atom. The average molecular weight is 360 g/mol. The number of benzene rings is 1. The summed E-state index contributed by atoms with van der Waals surface area (Å²) in [5.41, 5.74) is 0. The van der Waals surface area contributed by atoms with E-state index in [4.69, 9.17) is 43.4 Å². The quantitative estimate of drug-likeness (QED) is 0.769. The van der Waals surface area contributed by atoms with Gasteiger partial charge >= 0.3 is 0 Å². The highest BCUT2D eigenvalue weighted by Crippen LogP contribution is 2.38. The van der Waals surface area contributed by atoms with Gasteiger partial charge in [-0.05, 0) is 30.9 Å². The summed E-state index contributed by atoms with van der Waals surface area (Å²) in [5.74, 6) is 0.752. The van der Waals surface area contributed by atoms with E-state index in [0.29, 0.717) is 18.3 Å². The average Bonchev–Trinajstić information content (AvgIpc) is 2.40. The second-order valence-electron chi connectivity index (χ2n) is 4.49. The molecule has 1 aliphatic rings. The third-order valence-corrected chi connectivity index (χ3v) is 5.43. The lowest BCUT2D eigenvalue weighted by molar-refractivity contribution is 0.0497. The maximum Gasteiger partial charge on any atom is 0.262 e. The summed E-state index contributed by atoms with van der Waals surface area (Å²) in [7, 11) is 1.34. The van der Waals surface area contributed by atoms with E-state index >= 15 is 0 Å². The Hall–Kier alpha value is -0.200. The molecular formula is C12H13Cl3O4S. The van der Waals surface area contributed by atoms with E-state index in [-0.39, 0.29) is 14.9 Å². The second-order valence-corrected chi connectivity index (χ2v) is 7.78. The molecule has 4 nitrogen and oxygen atoms in total. The van der Waals surface area contributed by atoms with Crippen molar-refractivity contribution in [1.82, 2.24) is 0 Å². The fourth-order valence-electron chi connectivity index (χ4n) is 1.93. The van der Waals surface area contributed by atoms with Crippen LogP contribution in [-0.2, 0) is 13.8 Å².